The Morgan fingerprint density at radius 2 is 2.15 bits per heavy atom. The molecule has 1 aliphatic rings. The molecule has 0 fully saturated rings. The van der Waals surface area contributed by atoms with E-state index in [-0.39, 0.29) is 12.6 Å². The van der Waals surface area contributed by atoms with E-state index in [0.717, 1.165) is 16.7 Å². The summed E-state index contributed by atoms with van der Waals surface area (Å²) in [6.45, 7) is 6.57. The van der Waals surface area contributed by atoms with Crippen molar-refractivity contribution in [1.29, 1.82) is 0 Å². The number of benzene rings is 1. The number of aliphatic carboxylic acids is 1. The van der Waals surface area contributed by atoms with Crippen molar-refractivity contribution in [3.8, 4) is 0 Å². The predicted molar refractivity (Wildman–Crippen MR) is 75.4 cm³/mol. The van der Waals surface area contributed by atoms with Crippen molar-refractivity contribution < 1.29 is 14.7 Å². The molecule has 1 aliphatic heterocycles. The highest BCUT2D eigenvalue weighted by molar-refractivity contribution is 5.81. The summed E-state index contributed by atoms with van der Waals surface area (Å²) in [7, 11) is 0. The van der Waals surface area contributed by atoms with E-state index < -0.39 is 11.9 Å². The van der Waals surface area contributed by atoms with Crippen LogP contribution in [0.1, 0.15) is 24.0 Å². The highest BCUT2D eigenvalue weighted by Gasteiger charge is 2.32. The zero-order chi connectivity index (χ0) is 14.7. The molecule has 1 atom stereocenters. The fourth-order valence-electron chi connectivity index (χ4n) is 2.31. The van der Waals surface area contributed by atoms with Gasteiger partial charge in [0, 0.05) is 19.6 Å². The Morgan fingerprint density at radius 1 is 1.45 bits per heavy atom. The molecule has 0 bridgehead atoms. The first-order valence-corrected chi connectivity index (χ1v) is 6.47. The summed E-state index contributed by atoms with van der Waals surface area (Å²) in [5, 5.41) is 12.1. The Kier molecular flexibility index (Phi) is 4.08. The summed E-state index contributed by atoms with van der Waals surface area (Å²) < 4.78 is 0. The number of hydrogen-bond donors (Lipinski definition) is 2. The number of carbonyl (C=O) groups excluding carboxylic acids is 1. The molecule has 0 saturated carbocycles. The number of amides is 2. The molecule has 0 radical (unpaired) electrons. The molecule has 20 heavy (non-hydrogen) atoms. The van der Waals surface area contributed by atoms with Crippen LogP contribution < -0.4 is 5.32 Å². The number of nitrogens with zero attached hydrogens (tertiary/aromatic N) is 1. The van der Waals surface area contributed by atoms with Crippen LogP contribution in [0, 0.1) is 0 Å². The van der Waals surface area contributed by atoms with Crippen LogP contribution in [0.2, 0.25) is 0 Å². The van der Waals surface area contributed by atoms with Crippen LogP contribution in [-0.2, 0) is 11.3 Å². The molecule has 0 aliphatic carbocycles. The first-order valence-electron chi connectivity index (χ1n) is 6.47. The van der Waals surface area contributed by atoms with Crippen LogP contribution >= 0.6 is 0 Å². The van der Waals surface area contributed by atoms with Crippen molar-refractivity contribution in [3.63, 3.8) is 0 Å². The molecule has 2 N–H and O–H groups in total. The second-order valence-electron chi connectivity index (χ2n) is 5.09. The van der Waals surface area contributed by atoms with Crippen LogP contribution in [0.15, 0.2) is 36.4 Å². The van der Waals surface area contributed by atoms with E-state index in [0.29, 0.717) is 13.1 Å². The Hall–Kier alpha value is -2.30. The molecule has 2 amide bonds. The molecule has 5 nitrogen and oxygen atoms in total. The average molecular weight is 274 g/mol. The van der Waals surface area contributed by atoms with Crippen molar-refractivity contribution in [2.75, 3.05) is 13.1 Å². The Bertz CT molecular complexity index is 554. The number of carboxylic acids is 1. The van der Waals surface area contributed by atoms with Crippen molar-refractivity contribution in [1.82, 2.24) is 10.2 Å². The Morgan fingerprint density at radius 3 is 2.80 bits per heavy atom. The normalized spacial score (nSPS) is 17.2. The molecule has 1 aromatic rings. The zero-order valence-corrected chi connectivity index (χ0v) is 11.4. The molecular formula is C15H18N2O3. The fourth-order valence-corrected chi connectivity index (χ4v) is 2.31. The van der Waals surface area contributed by atoms with Crippen LogP contribution in [-0.4, -0.2) is 35.1 Å². The predicted octanol–water partition coefficient (Wildman–Crippen LogP) is 1.96. The van der Waals surface area contributed by atoms with E-state index in [1.807, 2.05) is 31.2 Å². The second kappa shape index (κ2) is 5.77. The topological polar surface area (TPSA) is 69.6 Å². The van der Waals surface area contributed by atoms with E-state index in [9.17, 15) is 14.7 Å². The second-order valence-corrected chi connectivity index (χ2v) is 5.09. The van der Waals surface area contributed by atoms with Gasteiger partial charge in [0.25, 0.3) is 0 Å². The first kappa shape index (κ1) is 14.1. The number of carboxylic acid groups (broad SMARTS) is 1. The molecule has 0 aromatic heterocycles. The number of nitrogens with one attached hydrogen (secondary N) is 1. The van der Waals surface area contributed by atoms with Crippen molar-refractivity contribution in [3.05, 3.63) is 47.5 Å². The van der Waals surface area contributed by atoms with E-state index >= 15 is 0 Å². The highest BCUT2D eigenvalue weighted by atomic mass is 16.4. The van der Waals surface area contributed by atoms with Crippen LogP contribution in [0.4, 0.5) is 4.79 Å². The maximum absolute atomic E-state index is 12.1. The van der Waals surface area contributed by atoms with Gasteiger partial charge in [-0.2, -0.15) is 0 Å². The number of hydrogen-bond acceptors (Lipinski definition) is 2. The van der Waals surface area contributed by atoms with Gasteiger partial charge in [-0.1, -0.05) is 36.4 Å². The summed E-state index contributed by atoms with van der Waals surface area (Å²) in [5.74, 6) is -1.58. The van der Waals surface area contributed by atoms with Crippen molar-refractivity contribution >= 4 is 12.0 Å². The van der Waals surface area contributed by atoms with Gasteiger partial charge < -0.3 is 15.3 Å². The SMILES string of the molecule is C=C(C)CNC(=O)N1Cc2ccccc2C(C(=O)O)C1. The molecular weight excluding hydrogens is 256 g/mol. The van der Waals surface area contributed by atoms with Gasteiger partial charge in [0.2, 0.25) is 0 Å². The van der Waals surface area contributed by atoms with E-state index in [2.05, 4.69) is 11.9 Å². The number of fused-ring (bicyclic) bond motifs is 1. The molecule has 0 spiro atoms. The van der Waals surface area contributed by atoms with Gasteiger partial charge in [-0.3, -0.25) is 4.79 Å². The summed E-state index contributed by atoms with van der Waals surface area (Å²) in [5.41, 5.74) is 2.53. The van der Waals surface area contributed by atoms with Gasteiger partial charge in [0.05, 0.1) is 5.92 Å². The summed E-state index contributed by atoms with van der Waals surface area (Å²) in [6, 6.07) is 7.10. The highest BCUT2D eigenvalue weighted by Crippen LogP contribution is 2.28. The molecule has 2 rings (SSSR count). The molecule has 106 valence electrons. The number of carbonyl (C=O) groups is 2. The maximum atomic E-state index is 12.1. The van der Waals surface area contributed by atoms with E-state index in [4.69, 9.17) is 0 Å². The summed E-state index contributed by atoms with van der Waals surface area (Å²) in [6.07, 6.45) is 0. The summed E-state index contributed by atoms with van der Waals surface area (Å²) >= 11 is 0. The number of rotatable bonds is 3. The van der Waals surface area contributed by atoms with Crippen LogP contribution in [0.25, 0.3) is 0 Å². The maximum Gasteiger partial charge on any atom is 0.317 e. The van der Waals surface area contributed by atoms with Gasteiger partial charge in [-0.05, 0) is 18.1 Å². The lowest BCUT2D eigenvalue weighted by atomic mass is 9.90. The van der Waals surface area contributed by atoms with Crippen molar-refractivity contribution in [2.24, 2.45) is 0 Å². The monoisotopic (exact) mass is 274 g/mol. The standard InChI is InChI=1S/C15H18N2O3/c1-10(2)7-16-15(20)17-8-11-5-3-4-6-12(11)13(9-17)14(18)19/h3-6,13H,1,7-9H2,2H3,(H,16,20)(H,18,19). The average Bonchev–Trinajstić information content (AvgIpc) is 2.43. The lowest BCUT2D eigenvalue weighted by molar-refractivity contribution is -0.139. The lowest BCUT2D eigenvalue weighted by Crippen LogP contribution is -2.45. The van der Waals surface area contributed by atoms with E-state index in [1.54, 1.807) is 0 Å². The minimum Gasteiger partial charge on any atom is -0.481 e. The lowest BCUT2D eigenvalue weighted by Gasteiger charge is -2.32. The van der Waals surface area contributed by atoms with Gasteiger partial charge in [0.1, 0.15) is 0 Å². The van der Waals surface area contributed by atoms with Crippen molar-refractivity contribution in [2.45, 2.75) is 19.4 Å². The van der Waals surface area contributed by atoms with Gasteiger partial charge >= 0.3 is 12.0 Å². The minimum absolute atomic E-state index is 0.189. The molecule has 1 heterocycles. The largest absolute Gasteiger partial charge is 0.481 e. The third kappa shape index (κ3) is 2.99. The molecule has 5 heteroatoms. The third-order valence-electron chi connectivity index (χ3n) is 3.32. The zero-order valence-electron chi connectivity index (χ0n) is 11.4. The van der Waals surface area contributed by atoms with E-state index in [1.165, 1.54) is 4.90 Å². The third-order valence-corrected chi connectivity index (χ3v) is 3.32. The van der Waals surface area contributed by atoms with Gasteiger partial charge in [-0.15, -0.1) is 0 Å². The summed E-state index contributed by atoms with van der Waals surface area (Å²) in [4.78, 5) is 25.0. The number of urea groups is 1. The smallest absolute Gasteiger partial charge is 0.317 e. The fraction of sp³-hybridized carbons (Fsp3) is 0.333. The van der Waals surface area contributed by atoms with Crippen LogP contribution in [0.3, 0.4) is 0 Å². The minimum atomic E-state index is -0.908. The Labute approximate surface area is 117 Å². The quantitative estimate of drug-likeness (QED) is 0.828. The molecule has 1 aromatic carbocycles. The first-order chi connectivity index (χ1) is 9.49. The molecule has 0 saturated heterocycles. The van der Waals surface area contributed by atoms with Gasteiger partial charge in [-0.25, -0.2) is 4.79 Å². The van der Waals surface area contributed by atoms with Crippen LogP contribution in [0.5, 0.6) is 0 Å². The molecule has 1 unspecified atom stereocenters. The van der Waals surface area contributed by atoms with Gasteiger partial charge in [0.15, 0.2) is 0 Å². The Balaban J connectivity index is 2.18.